The zero-order valence-electron chi connectivity index (χ0n) is 11.0. The SMILES string of the molecule is CCc1cc2c(=O)n(C(C)C(C)=O)c(C)nc2s1. The highest BCUT2D eigenvalue weighted by Gasteiger charge is 2.18. The van der Waals surface area contributed by atoms with Crippen LogP contribution in [0, 0.1) is 6.92 Å². The number of thiophene rings is 1. The molecule has 1 unspecified atom stereocenters. The van der Waals surface area contributed by atoms with Crippen molar-refractivity contribution in [2.24, 2.45) is 0 Å². The van der Waals surface area contributed by atoms with Crippen molar-refractivity contribution in [1.82, 2.24) is 9.55 Å². The summed E-state index contributed by atoms with van der Waals surface area (Å²) in [5.41, 5.74) is -0.115. The van der Waals surface area contributed by atoms with E-state index in [1.165, 1.54) is 11.5 Å². The summed E-state index contributed by atoms with van der Waals surface area (Å²) in [5.74, 6) is 0.562. The summed E-state index contributed by atoms with van der Waals surface area (Å²) in [6.45, 7) is 7.04. The fourth-order valence-corrected chi connectivity index (χ4v) is 2.96. The number of aromatic nitrogens is 2. The molecule has 0 aliphatic carbocycles. The Morgan fingerprint density at radius 1 is 1.56 bits per heavy atom. The molecule has 0 amide bonds. The molecule has 0 aliphatic heterocycles. The molecule has 5 heteroatoms. The lowest BCUT2D eigenvalue weighted by atomic mass is 10.2. The minimum absolute atomic E-state index is 0.0349. The number of fused-ring (bicyclic) bond motifs is 1. The number of hydrogen-bond donors (Lipinski definition) is 0. The van der Waals surface area contributed by atoms with Crippen molar-refractivity contribution >= 4 is 27.3 Å². The standard InChI is InChI=1S/C13H16N2O2S/c1-5-10-6-11-12(18-10)14-9(4)15(13(11)17)7(2)8(3)16/h6-7H,5H2,1-4H3. The molecule has 18 heavy (non-hydrogen) atoms. The quantitative estimate of drug-likeness (QED) is 0.855. The van der Waals surface area contributed by atoms with E-state index >= 15 is 0 Å². The second-order valence-corrected chi connectivity index (χ2v) is 5.52. The molecule has 4 nitrogen and oxygen atoms in total. The number of carbonyl (C=O) groups is 1. The topological polar surface area (TPSA) is 52.0 Å². The van der Waals surface area contributed by atoms with Gasteiger partial charge in [0, 0.05) is 4.88 Å². The molecule has 0 radical (unpaired) electrons. The maximum absolute atomic E-state index is 12.4. The number of aryl methyl sites for hydroxylation is 2. The van der Waals surface area contributed by atoms with E-state index in [2.05, 4.69) is 4.98 Å². The third-order valence-electron chi connectivity index (χ3n) is 3.15. The van der Waals surface area contributed by atoms with E-state index in [9.17, 15) is 9.59 Å². The first kappa shape index (κ1) is 13.0. The number of nitrogens with zero attached hydrogens (tertiary/aromatic N) is 2. The van der Waals surface area contributed by atoms with Gasteiger partial charge < -0.3 is 0 Å². The zero-order valence-corrected chi connectivity index (χ0v) is 11.8. The van der Waals surface area contributed by atoms with Crippen molar-refractivity contribution in [3.05, 3.63) is 27.1 Å². The van der Waals surface area contributed by atoms with Gasteiger partial charge in [0.2, 0.25) is 0 Å². The Bertz CT molecular complexity index is 669. The van der Waals surface area contributed by atoms with Gasteiger partial charge in [-0.3, -0.25) is 14.2 Å². The minimum atomic E-state index is -0.459. The van der Waals surface area contributed by atoms with Gasteiger partial charge in [0.1, 0.15) is 10.7 Å². The Labute approximate surface area is 109 Å². The Hall–Kier alpha value is -1.49. The van der Waals surface area contributed by atoms with Gasteiger partial charge in [-0.15, -0.1) is 11.3 Å². The molecule has 2 heterocycles. The van der Waals surface area contributed by atoms with Gasteiger partial charge >= 0.3 is 0 Å². The highest BCUT2D eigenvalue weighted by atomic mass is 32.1. The van der Waals surface area contributed by atoms with Crippen LogP contribution in [0.15, 0.2) is 10.9 Å². The van der Waals surface area contributed by atoms with E-state index in [-0.39, 0.29) is 11.3 Å². The van der Waals surface area contributed by atoms with Gasteiger partial charge in [-0.2, -0.15) is 0 Å². The second kappa shape index (κ2) is 4.65. The van der Waals surface area contributed by atoms with E-state index in [0.29, 0.717) is 11.2 Å². The maximum Gasteiger partial charge on any atom is 0.262 e. The van der Waals surface area contributed by atoms with Crippen LogP contribution in [0.25, 0.3) is 10.2 Å². The maximum atomic E-state index is 12.4. The lowest BCUT2D eigenvalue weighted by Crippen LogP contribution is -2.29. The predicted octanol–water partition coefficient (Wildman–Crippen LogP) is 2.48. The van der Waals surface area contributed by atoms with Crippen LogP contribution in [0.3, 0.4) is 0 Å². The highest BCUT2D eigenvalue weighted by Crippen LogP contribution is 2.22. The molecule has 0 aliphatic rings. The van der Waals surface area contributed by atoms with Crippen molar-refractivity contribution in [3.8, 4) is 0 Å². The van der Waals surface area contributed by atoms with Crippen LogP contribution in [-0.2, 0) is 11.2 Å². The van der Waals surface area contributed by atoms with Crippen molar-refractivity contribution in [2.45, 2.75) is 40.2 Å². The van der Waals surface area contributed by atoms with Gasteiger partial charge in [0.25, 0.3) is 5.56 Å². The molecule has 0 N–H and O–H groups in total. The molecule has 0 fully saturated rings. The third kappa shape index (κ3) is 1.99. The normalized spacial score (nSPS) is 12.9. The summed E-state index contributed by atoms with van der Waals surface area (Å²) in [7, 11) is 0. The third-order valence-corrected chi connectivity index (χ3v) is 4.32. The summed E-state index contributed by atoms with van der Waals surface area (Å²) in [5, 5.41) is 0.621. The number of hydrogen-bond acceptors (Lipinski definition) is 4. The predicted molar refractivity (Wildman–Crippen MR) is 73.4 cm³/mol. The van der Waals surface area contributed by atoms with Gasteiger partial charge in [-0.05, 0) is 33.3 Å². The Morgan fingerprint density at radius 2 is 2.22 bits per heavy atom. The van der Waals surface area contributed by atoms with Crippen LogP contribution in [0.2, 0.25) is 0 Å². The van der Waals surface area contributed by atoms with Crippen LogP contribution in [0.4, 0.5) is 0 Å². The largest absolute Gasteiger partial charge is 0.298 e. The van der Waals surface area contributed by atoms with Crippen LogP contribution >= 0.6 is 11.3 Å². The Morgan fingerprint density at radius 3 is 2.78 bits per heavy atom. The number of rotatable bonds is 3. The lowest BCUT2D eigenvalue weighted by molar-refractivity contribution is -0.119. The zero-order chi connectivity index (χ0) is 13.4. The molecule has 2 rings (SSSR count). The number of carbonyl (C=O) groups excluding carboxylic acids is 1. The molecule has 2 aromatic rings. The Kier molecular flexibility index (Phi) is 3.34. The highest BCUT2D eigenvalue weighted by molar-refractivity contribution is 7.18. The van der Waals surface area contributed by atoms with E-state index < -0.39 is 6.04 Å². The molecule has 2 aromatic heterocycles. The molecular formula is C13H16N2O2S. The summed E-state index contributed by atoms with van der Waals surface area (Å²) in [6, 6.07) is 1.43. The number of Topliss-reactive ketones (excluding diaryl/α,β-unsaturated/α-hetero) is 1. The smallest absolute Gasteiger partial charge is 0.262 e. The summed E-state index contributed by atoms with van der Waals surface area (Å²) >= 11 is 1.55. The average Bonchev–Trinajstić information content (AvgIpc) is 2.71. The van der Waals surface area contributed by atoms with Gasteiger partial charge in [-0.1, -0.05) is 6.92 Å². The van der Waals surface area contributed by atoms with Crippen molar-refractivity contribution < 1.29 is 4.79 Å². The van der Waals surface area contributed by atoms with Gasteiger partial charge in [-0.25, -0.2) is 4.98 Å². The van der Waals surface area contributed by atoms with E-state index in [1.54, 1.807) is 25.2 Å². The van der Waals surface area contributed by atoms with Crippen molar-refractivity contribution in [3.63, 3.8) is 0 Å². The monoisotopic (exact) mass is 264 g/mol. The van der Waals surface area contributed by atoms with E-state index in [1.807, 2.05) is 13.0 Å². The molecule has 0 bridgehead atoms. The fraction of sp³-hybridized carbons (Fsp3) is 0.462. The van der Waals surface area contributed by atoms with Crippen LogP contribution in [0.5, 0.6) is 0 Å². The number of ketones is 1. The Balaban J connectivity index is 2.75. The molecule has 1 atom stereocenters. The first-order valence-corrected chi connectivity index (χ1v) is 6.79. The van der Waals surface area contributed by atoms with Gasteiger partial charge in [0.15, 0.2) is 5.78 Å². The molecule has 0 aromatic carbocycles. The van der Waals surface area contributed by atoms with Crippen LogP contribution < -0.4 is 5.56 Å². The van der Waals surface area contributed by atoms with E-state index in [4.69, 9.17) is 0 Å². The molecular weight excluding hydrogens is 248 g/mol. The fourth-order valence-electron chi connectivity index (χ4n) is 1.96. The molecule has 96 valence electrons. The van der Waals surface area contributed by atoms with E-state index in [0.717, 1.165) is 16.1 Å². The van der Waals surface area contributed by atoms with Crippen molar-refractivity contribution in [1.29, 1.82) is 0 Å². The lowest BCUT2D eigenvalue weighted by Gasteiger charge is -2.14. The molecule has 0 saturated heterocycles. The van der Waals surface area contributed by atoms with Gasteiger partial charge in [0.05, 0.1) is 11.4 Å². The van der Waals surface area contributed by atoms with Crippen molar-refractivity contribution in [2.75, 3.05) is 0 Å². The summed E-state index contributed by atoms with van der Waals surface area (Å²) in [4.78, 5) is 30.2. The first-order valence-electron chi connectivity index (χ1n) is 5.97. The second-order valence-electron chi connectivity index (χ2n) is 4.41. The minimum Gasteiger partial charge on any atom is -0.298 e. The molecule has 0 saturated carbocycles. The summed E-state index contributed by atoms with van der Waals surface area (Å²) in [6.07, 6.45) is 0.891. The molecule has 0 spiro atoms. The first-order chi connectivity index (χ1) is 8.45. The van der Waals surface area contributed by atoms with Crippen LogP contribution in [0.1, 0.15) is 37.5 Å². The van der Waals surface area contributed by atoms with Crippen LogP contribution in [-0.4, -0.2) is 15.3 Å². The average molecular weight is 264 g/mol. The summed E-state index contributed by atoms with van der Waals surface area (Å²) < 4.78 is 1.48.